The molecule has 0 radical (unpaired) electrons. The molecule has 4 N–H and O–H groups in total. The van der Waals surface area contributed by atoms with Crippen LogP contribution in [0.25, 0.3) is 0 Å². The SMILES string of the molecule is Cc1[nH]nc(CN)c1S(=O)(=O)NC1CCS(=O)(=O)C1. The number of nitrogens with two attached hydrogens (primary N) is 1. The van der Waals surface area contributed by atoms with Crippen molar-refractivity contribution in [3.63, 3.8) is 0 Å². The highest BCUT2D eigenvalue weighted by Crippen LogP contribution is 2.20. The molecule has 1 fully saturated rings. The Labute approximate surface area is 111 Å². The van der Waals surface area contributed by atoms with Crippen LogP contribution in [0.5, 0.6) is 0 Å². The van der Waals surface area contributed by atoms with Gasteiger partial charge in [0.2, 0.25) is 10.0 Å². The first kappa shape index (κ1) is 14.4. The van der Waals surface area contributed by atoms with Crippen LogP contribution in [0.15, 0.2) is 4.90 Å². The Morgan fingerprint density at radius 1 is 1.53 bits per heavy atom. The molecule has 0 bridgehead atoms. The van der Waals surface area contributed by atoms with Gasteiger partial charge in [0.15, 0.2) is 9.84 Å². The van der Waals surface area contributed by atoms with E-state index in [4.69, 9.17) is 5.73 Å². The fourth-order valence-electron chi connectivity index (χ4n) is 2.13. The van der Waals surface area contributed by atoms with Crippen molar-refractivity contribution in [1.82, 2.24) is 14.9 Å². The molecule has 1 saturated heterocycles. The molecule has 0 aromatic carbocycles. The van der Waals surface area contributed by atoms with Crippen molar-refractivity contribution in [2.75, 3.05) is 11.5 Å². The predicted molar refractivity (Wildman–Crippen MR) is 68.6 cm³/mol. The van der Waals surface area contributed by atoms with Gasteiger partial charge < -0.3 is 5.73 Å². The number of hydrogen-bond acceptors (Lipinski definition) is 6. The van der Waals surface area contributed by atoms with Crippen LogP contribution in [-0.2, 0) is 26.4 Å². The average Bonchev–Trinajstić information content (AvgIpc) is 2.81. The second kappa shape index (κ2) is 4.85. The average molecular weight is 308 g/mol. The van der Waals surface area contributed by atoms with E-state index in [1.54, 1.807) is 6.92 Å². The molecule has 0 amide bonds. The number of nitrogens with zero attached hydrogens (tertiary/aromatic N) is 1. The lowest BCUT2D eigenvalue weighted by atomic mass is 10.3. The molecule has 1 atom stereocenters. The zero-order chi connectivity index (χ0) is 14.3. The number of aryl methyl sites for hydroxylation is 1. The lowest BCUT2D eigenvalue weighted by molar-refractivity contribution is 0.561. The molecule has 8 nitrogen and oxygen atoms in total. The van der Waals surface area contributed by atoms with Crippen LogP contribution in [0, 0.1) is 6.92 Å². The second-order valence-corrected chi connectivity index (χ2v) is 8.43. The first-order chi connectivity index (χ1) is 8.75. The zero-order valence-corrected chi connectivity index (χ0v) is 12.0. The lowest BCUT2D eigenvalue weighted by Gasteiger charge is -2.11. The third kappa shape index (κ3) is 2.96. The summed E-state index contributed by atoms with van der Waals surface area (Å²) < 4.78 is 49.5. The van der Waals surface area contributed by atoms with Gasteiger partial charge >= 0.3 is 0 Å². The number of H-pyrrole nitrogens is 1. The van der Waals surface area contributed by atoms with Crippen LogP contribution in [-0.4, -0.2) is 44.6 Å². The van der Waals surface area contributed by atoms with Crippen LogP contribution in [0.3, 0.4) is 0 Å². The van der Waals surface area contributed by atoms with Gasteiger partial charge in [0.1, 0.15) is 4.90 Å². The smallest absolute Gasteiger partial charge is 0.244 e. The maximum atomic E-state index is 12.2. The Kier molecular flexibility index (Phi) is 3.69. The van der Waals surface area contributed by atoms with Crippen LogP contribution < -0.4 is 10.5 Å². The van der Waals surface area contributed by atoms with E-state index >= 15 is 0 Å². The number of aromatic nitrogens is 2. The summed E-state index contributed by atoms with van der Waals surface area (Å²) in [5.74, 6) is -0.157. The summed E-state index contributed by atoms with van der Waals surface area (Å²) in [5, 5.41) is 6.38. The molecular formula is C9H16N4O4S2. The molecule has 0 aliphatic carbocycles. The minimum absolute atomic E-state index is 0.00824. The summed E-state index contributed by atoms with van der Waals surface area (Å²) in [6, 6.07) is -0.588. The molecule has 1 aliphatic rings. The molecule has 1 aromatic rings. The van der Waals surface area contributed by atoms with Gasteiger partial charge in [-0.1, -0.05) is 0 Å². The van der Waals surface area contributed by atoms with Gasteiger partial charge in [-0.25, -0.2) is 21.6 Å². The van der Waals surface area contributed by atoms with Crippen molar-refractivity contribution in [1.29, 1.82) is 0 Å². The van der Waals surface area contributed by atoms with E-state index in [0.717, 1.165) is 0 Å². The standard InChI is InChI=1S/C9H16N4O4S2/c1-6-9(8(4-10)12-11-6)19(16,17)13-7-2-3-18(14,15)5-7/h7,13H,2-5,10H2,1H3,(H,11,12). The summed E-state index contributed by atoms with van der Waals surface area (Å²) in [6.45, 7) is 1.57. The molecule has 19 heavy (non-hydrogen) atoms. The molecule has 1 aliphatic heterocycles. The molecule has 2 heterocycles. The lowest BCUT2D eigenvalue weighted by Crippen LogP contribution is -2.36. The van der Waals surface area contributed by atoms with Crippen molar-refractivity contribution in [3.8, 4) is 0 Å². The number of sulfone groups is 1. The van der Waals surface area contributed by atoms with Gasteiger partial charge in [0, 0.05) is 12.6 Å². The number of sulfonamides is 1. The van der Waals surface area contributed by atoms with Crippen LogP contribution in [0.2, 0.25) is 0 Å². The van der Waals surface area contributed by atoms with E-state index in [-0.39, 0.29) is 35.1 Å². The number of aromatic amines is 1. The molecule has 1 aromatic heterocycles. The number of hydrogen-bond donors (Lipinski definition) is 3. The highest BCUT2D eigenvalue weighted by molar-refractivity contribution is 7.92. The second-order valence-electron chi connectivity index (χ2n) is 4.55. The largest absolute Gasteiger partial charge is 0.325 e. The van der Waals surface area contributed by atoms with E-state index in [1.807, 2.05) is 0 Å². The zero-order valence-electron chi connectivity index (χ0n) is 10.4. The summed E-state index contributed by atoms with van der Waals surface area (Å²) in [6.07, 6.45) is 0.288. The van der Waals surface area contributed by atoms with E-state index in [2.05, 4.69) is 14.9 Å². The van der Waals surface area contributed by atoms with Crippen molar-refractivity contribution in [3.05, 3.63) is 11.4 Å². The van der Waals surface area contributed by atoms with Gasteiger partial charge in [-0.3, -0.25) is 5.10 Å². The maximum Gasteiger partial charge on any atom is 0.244 e. The highest BCUT2D eigenvalue weighted by atomic mass is 32.2. The Bertz CT molecular complexity index is 677. The van der Waals surface area contributed by atoms with Crippen molar-refractivity contribution in [2.45, 2.75) is 30.8 Å². The fraction of sp³-hybridized carbons (Fsp3) is 0.667. The molecule has 0 saturated carbocycles. The minimum Gasteiger partial charge on any atom is -0.325 e. The molecule has 10 heteroatoms. The van der Waals surface area contributed by atoms with Gasteiger partial charge in [0.25, 0.3) is 0 Å². The first-order valence-electron chi connectivity index (χ1n) is 5.72. The normalized spacial score (nSPS) is 22.7. The molecule has 108 valence electrons. The van der Waals surface area contributed by atoms with Gasteiger partial charge in [-0.15, -0.1) is 0 Å². The van der Waals surface area contributed by atoms with Gasteiger partial charge in [0.05, 0.1) is 22.9 Å². The summed E-state index contributed by atoms with van der Waals surface area (Å²) in [4.78, 5) is 0.0132. The van der Waals surface area contributed by atoms with E-state index in [0.29, 0.717) is 5.69 Å². The maximum absolute atomic E-state index is 12.2. The first-order valence-corrected chi connectivity index (χ1v) is 9.02. The third-order valence-electron chi connectivity index (χ3n) is 2.98. The van der Waals surface area contributed by atoms with Gasteiger partial charge in [-0.2, -0.15) is 5.10 Å². The van der Waals surface area contributed by atoms with Crippen molar-refractivity contribution in [2.24, 2.45) is 5.73 Å². The highest BCUT2D eigenvalue weighted by Gasteiger charge is 2.33. The molecule has 0 spiro atoms. The Morgan fingerprint density at radius 2 is 2.21 bits per heavy atom. The predicted octanol–water partition coefficient (Wildman–Crippen LogP) is -1.36. The summed E-state index contributed by atoms with van der Waals surface area (Å²) in [7, 11) is -6.95. The molecular weight excluding hydrogens is 292 g/mol. The summed E-state index contributed by atoms with van der Waals surface area (Å²) >= 11 is 0. The molecule has 1 unspecified atom stereocenters. The van der Waals surface area contributed by atoms with E-state index < -0.39 is 25.9 Å². The van der Waals surface area contributed by atoms with Crippen LogP contribution in [0.4, 0.5) is 0 Å². The van der Waals surface area contributed by atoms with Crippen LogP contribution >= 0.6 is 0 Å². The summed E-state index contributed by atoms with van der Waals surface area (Å²) in [5.41, 5.74) is 6.07. The monoisotopic (exact) mass is 308 g/mol. The van der Waals surface area contributed by atoms with Crippen LogP contribution in [0.1, 0.15) is 17.8 Å². The Hall–Kier alpha value is -0.970. The Morgan fingerprint density at radius 3 is 2.74 bits per heavy atom. The minimum atomic E-state index is -3.81. The quantitative estimate of drug-likeness (QED) is 0.629. The van der Waals surface area contributed by atoms with E-state index in [9.17, 15) is 16.8 Å². The van der Waals surface area contributed by atoms with E-state index in [1.165, 1.54) is 0 Å². The van der Waals surface area contributed by atoms with Crippen molar-refractivity contribution < 1.29 is 16.8 Å². The number of nitrogens with one attached hydrogen (secondary N) is 2. The Balaban J connectivity index is 2.26. The number of rotatable bonds is 4. The topological polar surface area (TPSA) is 135 Å². The third-order valence-corrected chi connectivity index (χ3v) is 6.47. The van der Waals surface area contributed by atoms with Crippen molar-refractivity contribution >= 4 is 19.9 Å². The molecule has 2 rings (SSSR count). The van der Waals surface area contributed by atoms with Gasteiger partial charge in [-0.05, 0) is 13.3 Å². The fourth-order valence-corrected chi connectivity index (χ4v) is 5.56.